The van der Waals surface area contributed by atoms with Gasteiger partial charge in [-0.25, -0.2) is 0 Å². The van der Waals surface area contributed by atoms with Crippen LogP contribution in [-0.2, 0) is 6.54 Å². The minimum absolute atomic E-state index is 0.0505. The largest absolute Gasteiger partial charge is 0.394 e. The zero-order chi connectivity index (χ0) is 21.4. The number of hydrogen-bond acceptors (Lipinski definition) is 5. The maximum Gasteiger partial charge on any atom is 0.255 e. The molecule has 7 nitrogen and oxygen atoms in total. The van der Waals surface area contributed by atoms with Gasteiger partial charge in [-0.1, -0.05) is 11.6 Å². The van der Waals surface area contributed by atoms with Crippen molar-refractivity contribution in [2.75, 3.05) is 25.0 Å². The second-order valence-electron chi connectivity index (χ2n) is 8.82. The predicted molar refractivity (Wildman–Crippen MR) is 120 cm³/mol. The summed E-state index contributed by atoms with van der Waals surface area (Å²) in [5.74, 6) is 0.0505. The van der Waals surface area contributed by atoms with E-state index in [4.69, 9.17) is 16.7 Å². The van der Waals surface area contributed by atoms with Crippen LogP contribution in [0.4, 0.5) is 5.69 Å². The van der Waals surface area contributed by atoms with E-state index in [9.17, 15) is 4.79 Å². The first-order valence-electron chi connectivity index (χ1n) is 10.8. The summed E-state index contributed by atoms with van der Waals surface area (Å²) < 4.78 is 1.75. The molecule has 0 atom stereocenters. The van der Waals surface area contributed by atoms with Crippen molar-refractivity contribution in [2.24, 2.45) is 5.41 Å². The topological polar surface area (TPSA) is 83.3 Å². The van der Waals surface area contributed by atoms with Crippen LogP contribution >= 0.6 is 11.6 Å². The molecule has 8 heteroatoms. The van der Waals surface area contributed by atoms with Crippen LogP contribution in [0.15, 0.2) is 42.9 Å². The van der Waals surface area contributed by atoms with Gasteiger partial charge in [0.25, 0.3) is 5.91 Å². The van der Waals surface area contributed by atoms with Gasteiger partial charge < -0.3 is 15.3 Å². The number of pyridine rings is 1. The van der Waals surface area contributed by atoms with Crippen molar-refractivity contribution in [1.82, 2.24) is 19.7 Å². The smallest absolute Gasteiger partial charge is 0.255 e. The minimum Gasteiger partial charge on any atom is -0.394 e. The molecular formula is C23H26ClN5O2. The molecule has 1 aromatic carbocycles. The quantitative estimate of drug-likeness (QED) is 0.635. The SMILES string of the molecule is O=C(c1cnc2ccc(Cl)cc2c1)N1CCC2(CC1)CC(Nc1cnn(CCO)c1)C2. The molecule has 31 heavy (non-hydrogen) atoms. The van der Waals surface area contributed by atoms with Crippen LogP contribution in [0.25, 0.3) is 10.9 Å². The molecule has 2 aliphatic rings. The summed E-state index contributed by atoms with van der Waals surface area (Å²) in [6, 6.07) is 7.87. The highest BCUT2D eigenvalue weighted by Crippen LogP contribution is 2.50. The first kappa shape index (κ1) is 20.3. The fraction of sp³-hybridized carbons (Fsp3) is 0.435. The Labute approximate surface area is 186 Å². The number of aliphatic hydroxyl groups is 1. The maximum atomic E-state index is 13.0. The molecule has 162 valence electrons. The Balaban J connectivity index is 1.16. The van der Waals surface area contributed by atoms with Crippen LogP contribution in [0.5, 0.6) is 0 Å². The number of aromatic nitrogens is 3. The average Bonchev–Trinajstić information content (AvgIpc) is 3.19. The molecule has 1 aliphatic heterocycles. The zero-order valence-electron chi connectivity index (χ0n) is 17.3. The van der Waals surface area contributed by atoms with E-state index < -0.39 is 0 Å². The van der Waals surface area contributed by atoms with Gasteiger partial charge in [0.1, 0.15) is 0 Å². The van der Waals surface area contributed by atoms with Gasteiger partial charge in [0.2, 0.25) is 0 Å². The lowest BCUT2D eigenvalue weighted by molar-refractivity contribution is 0.0219. The summed E-state index contributed by atoms with van der Waals surface area (Å²) in [4.78, 5) is 19.4. The van der Waals surface area contributed by atoms with Crippen molar-refractivity contribution in [3.05, 3.63) is 53.4 Å². The van der Waals surface area contributed by atoms with Crippen LogP contribution in [0.1, 0.15) is 36.0 Å². The van der Waals surface area contributed by atoms with Gasteiger partial charge >= 0.3 is 0 Å². The molecule has 2 aromatic heterocycles. The summed E-state index contributed by atoms with van der Waals surface area (Å²) in [6.45, 7) is 2.17. The molecule has 0 unspecified atom stereocenters. The highest BCUT2D eigenvalue weighted by molar-refractivity contribution is 6.31. The standard InChI is InChI=1S/C23H26ClN5O2/c24-18-1-2-21-16(10-18)9-17(13-25-21)22(31)28-5-3-23(4-6-28)11-19(12-23)27-20-14-26-29(15-20)7-8-30/h1-2,9-10,13-15,19,27,30H,3-8,11-12H2. The first-order chi connectivity index (χ1) is 15.0. The Morgan fingerprint density at radius 3 is 2.81 bits per heavy atom. The van der Waals surface area contributed by atoms with Gasteiger partial charge in [-0.3, -0.25) is 14.5 Å². The second-order valence-corrected chi connectivity index (χ2v) is 9.25. The number of aliphatic hydroxyl groups excluding tert-OH is 1. The summed E-state index contributed by atoms with van der Waals surface area (Å²) in [5, 5.41) is 18.3. The molecular weight excluding hydrogens is 414 g/mol. The van der Waals surface area contributed by atoms with E-state index in [0.717, 1.165) is 55.4 Å². The van der Waals surface area contributed by atoms with Crippen LogP contribution in [-0.4, -0.2) is 56.4 Å². The summed E-state index contributed by atoms with van der Waals surface area (Å²) in [5.41, 5.74) is 2.81. The number of rotatable bonds is 5. The minimum atomic E-state index is 0.0505. The second kappa shape index (κ2) is 8.13. The number of likely N-dealkylation sites (tertiary alicyclic amines) is 1. The van der Waals surface area contributed by atoms with Crippen molar-refractivity contribution < 1.29 is 9.90 Å². The van der Waals surface area contributed by atoms with Crippen LogP contribution < -0.4 is 5.32 Å². The van der Waals surface area contributed by atoms with E-state index >= 15 is 0 Å². The number of nitrogens with zero attached hydrogens (tertiary/aromatic N) is 4. The molecule has 1 amide bonds. The molecule has 1 saturated heterocycles. The predicted octanol–water partition coefficient (Wildman–Crippen LogP) is 3.57. The number of carbonyl (C=O) groups excluding carboxylic acids is 1. The Morgan fingerprint density at radius 2 is 2.03 bits per heavy atom. The van der Waals surface area contributed by atoms with Crippen LogP contribution in [0.2, 0.25) is 5.02 Å². The van der Waals surface area contributed by atoms with E-state index in [2.05, 4.69) is 15.4 Å². The monoisotopic (exact) mass is 439 g/mol. The maximum absolute atomic E-state index is 13.0. The number of benzene rings is 1. The third-order valence-corrected chi connectivity index (χ3v) is 6.93. The van der Waals surface area contributed by atoms with Gasteiger partial charge in [0, 0.05) is 41.9 Å². The number of amides is 1. The van der Waals surface area contributed by atoms with Crippen molar-refractivity contribution in [2.45, 2.75) is 38.3 Å². The molecule has 1 spiro atoms. The van der Waals surface area contributed by atoms with E-state index in [0.29, 0.717) is 28.6 Å². The Bertz CT molecular complexity index is 1100. The average molecular weight is 440 g/mol. The van der Waals surface area contributed by atoms with Crippen molar-refractivity contribution in [3.63, 3.8) is 0 Å². The molecule has 5 rings (SSSR count). The molecule has 0 radical (unpaired) electrons. The van der Waals surface area contributed by atoms with Crippen LogP contribution in [0, 0.1) is 5.41 Å². The highest BCUT2D eigenvalue weighted by Gasteiger charge is 2.46. The van der Waals surface area contributed by atoms with Gasteiger partial charge in [-0.15, -0.1) is 0 Å². The number of fused-ring (bicyclic) bond motifs is 1. The van der Waals surface area contributed by atoms with Gasteiger partial charge in [0.15, 0.2) is 0 Å². The zero-order valence-corrected chi connectivity index (χ0v) is 18.1. The van der Waals surface area contributed by atoms with E-state index in [1.165, 1.54) is 0 Å². The van der Waals surface area contributed by atoms with Gasteiger partial charge in [0.05, 0.1) is 36.1 Å². The molecule has 1 saturated carbocycles. The summed E-state index contributed by atoms with van der Waals surface area (Å²) in [7, 11) is 0. The number of halogens is 1. The van der Waals surface area contributed by atoms with Crippen molar-refractivity contribution in [1.29, 1.82) is 0 Å². The van der Waals surface area contributed by atoms with Gasteiger partial charge in [-0.2, -0.15) is 5.10 Å². The van der Waals surface area contributed by atoms with E-state index in [-0.39, 0.29) is 12.5 Å². The Kier molecular flexibility index (Phi) is 5.32. The molecule has 0 bridgehead atoms. The normalized spacial score (nSPS) is 18.3. The molecule has 1 aliphatic carbocycles. The molecule has 2 fully saturated rings. The fourth-order valence-corrected chi connectivity index (χ4v) is 5.16. The number of anilines is 1. The summed E-state index contributed by atoms with van der Waals surface area (Å²) in [6.07, 6.45) is 9.73. The lowest BCUT2D eigenvalue weighted by Gasteiger charge is -2.52. The summed E-state index contributed by atoms with van der Waals surface area (Å²) >= 11 is 6.09. The third kappa shape index (κ3) is 4.12. The van der Waals surface area contributed by atoms with Gasteiger partial charge in [-0.05, 0) is 55.4 Å². The lowest BCUT2D eigenvalue weighted by Crippen LogP contribution is -2.52. The highest BCUT2D eigenvalue weighted by atomic mass is 35.5. The van der Waals surface area contributed by atoms with Crippen molar-refractivity contribution in [3.8, 4) is 0 Å². The lowest BCUT2D eigenvalue weighted by atomic mass is 9.60. The molecule has 2 N–H and O–H groups in total. The number of nitrogens with one attached hydrogen (secondary N) is 1. The fourth-order valence-electron chi connectivity index (χ4n) is 4.98. The molecule has 3 heterocycles. The number of hydrogen-bond donors (Lipinski definition) is 2. The van der Waals surface area contributed by atoms with Crippen LogP contribution in [0.3, 0.4) is 0 Å². The van der Waals surface area contributed by atoms with Crippen molar-refractivity contribution >= 4 is 34.1 Å². The molecule has 3 aromatic rings. The Morgan fingerprint density at radius 1 is 1.23 bits per heavy atom. The third-order valence-electron chi connectivity index (χ3n) is 6.69. The van der Waals surface area contributed by atoms with E-state index in [1.54, 1.807) is 10.9 Å². The first-order valence-corrected chi connectivity index (χ1v) is 11.2. The number of piperidine rings is 1. The van der Waals surface area contributed by atoms with E-state index in [1.807, 2.05) is 41.6 Å². The Hall–Kier alpha value is -2.64. The number of carbonyl (C=O) groups is 1.